The summed E-state index contributed by atoms with van der Waals surface area (Å²) < 4.78 is 0. The number of hydrogen-bond donors (Lipinski definition) is 1. The Bertz CT molecular complexity index is 581. The molecule has 2 heterocycles. The van der Waals surface area contributed by atoms with E-state index < -0.39 is 0 Å². The quantitative estimate of drug-likeness (QED) is 0.928. The van der Waals surface area contributed by atoms with Gasteiger partial charge in [-0.25, -0.2) is 4.98 Å². The molecular formula is C18H24N4O. The fourth-order valence-electron chi connectivity index (χ4n) is 3.68. The Balaban J connectivity index is 1.46. The van der Waals surface area contributed by atoms with Gasteiger partial charge in [-0.05, 0) is 43.7 Å². The van der Waals surface area contributed by atoms with Crippen LogP contribution in [0.2, 0.25) is 0 Å². The molecule has 2 fully saturated rings. The predicted molar refractivity (Wildman–Crippen MR) is 88.9 cm³/mol. The molecule has 0 bridgehead atoms. The molecule has 0 unspecified atom stereocenters. The van der Waals surface area contributed by atoms with Crippen molar-refractivity contribution in [1.29, 1.82) is 5.26 Å². The maximum Gasteiger partial charge on any atom is 0.220 e. The Morgan fingerprint density at radius 1 is 1.26 bits per heavy atom. The fourth-order valence-corrected chi connectivity index (χ4v) is 3.68. The molecule has 23 heavy (non-hydrogen) atoms. The van der Waals surface area contributed by atoms with Crippen LogP contribution in [-0.2, 0) is 4.79 Å². The largest absolute Gasteiger partial charge is 0.356 e. The first-order valence-corrected chi connectivity index (χ1v) is 8.66. The molecule has 0 spiro atoms. The van der Waals surface area contributed by atoms with Crippen molar-refractivity contribution in [2.75, 3.05) is 18.0 Å². The molecule has 0 atom stereocenters. The van der Waals surface area contributed by atoms with Gasteiger partial charge in [0.05, 0.1) is 0 Å². The highest BCUT2D eigenvalue weighted by molar-refractivity contribution is 5.76. The van der Waals surface area contributed by atoms with E-state index in [4.69, 9.17) is 5.26 Å². The summed E-state index contributed by atoms with van der Waals surface area (Å²) in [7, 11) is 0. The van der Waals surface area contributed by atoms with Gasteiger partial charge in [0.1, 0.15) is 17.6 Å². The third-order valence-electron chi connectivity index (χ3n) is 4.98. The van der Waals surface area contributed by atoms with Crippen LogP contribution in [0, 0.1) is 17.2 Å². The summed E-state index contributed by atoms with van der Waals surface area (Å²) in [6, 6.07) is 7.90. The van der Waals surface area contributed by atoms with E-state index in [0.717, 1.165) is 31.7 Å². The Morgan fingerprint density at radius 3 is 2.70 bits per heavy atom. The lowest BCUT2D eigenvalue weighted by Crippen LogP contribution is -2.45. The molecule has 5 heteroatoms. The second-order valence-corrected chi connectivity index (χ2v) is 6.68. The van der Waals surface area contributed by atoms with E-state index >= 15 is 0 Å². The number of aromatic nitrogens is 1. The Morgan fingerprint density at radius 2 is 2.00 bits per heavy atom. The number of nitrogens with zero attached hydrogens (tertiary/aromatic N) is 3. The van der Waals surface area contributed by atoms with Crippen LogP contribution in [0.25, 0.3) is 0 Å². The van der Waals surface area contributed by atoms with E-state index in [-0.39, 0.29) is 11.9 Å². The average Bonchev–Trinajstić information content (AvgIpc) is 3.08. The van der Waals surface area contributed by atoms with Gasteiger partial charge in [-0.2, -0.15) is 5.26 Å². The lowest BCUT2D eigenvalue weighted by atomic mass is 10.0. The summed E-state index contributed by atoms with van der Waals surface area (Å²) in [4.78, 5) is 18.7. The van der Waals surface area contributed by atoms with E-state index in [1.807, 2.05) is 12.1 Å². The number of carbonyl (C=O) groups is 1. The minimum absolute atomic E-state index is 0.222. The molecule has 1 aliphatic heterocycles. The molecule has 0 radical (unpaired) electrons. The van der Waals surface area contributed by atoms with Crippen molar-refractivity contribution in [3.05, 3.63) is 23.9 Å². The first-order chi connectivity index (χ1) is 11.2. The maximum absolute atomic E-state index is 12.1. The number of carbonyl (C=O) groups excluding carboxylic acids is 1. The van der Waals surface area contributed by atoms with Crippen LogP contribution >= 0.6 is 0 Å². The topological polar surface area (TPSA) is 69.0 Å². The molecule has 1 saturated carbocycles. The highest BCUT2D eigenvalue weighted by Crippen LogP contribution is 2.27. The molecular weight excluding hydrogens is 288 g/mol. The van der Waals surface area contributed by atoms with Crippen LogP contribution < -0.4 is 10.2 Å². The minimum atomic E-state index is 0.222. The number of amides is 1. The zero-order chi connectivity index (χ0) is 16.1. The number of nitrogens with one attached hydrogen (secondary N) is 1. The van der Waals surface area contributed by atoms with Crippen molar-refractivity contribution in [2.24, 2.45) is 5.92 Å². The van der Waals surface area contributed by atoms with Crippen LogP contribution in [0.1, 0.15) is 50.6 Å². The molecule has 1 amide bonds. The summed E-state index contributed by atoms with van der Waals surface area (Å²) in [5.41, 5.74) is 0.453. The van der Waals surface area contributed by atoms with Gasteiger partial charge in [-0.3, -0.25) is 4.79 Å². The summed E-state index contributed by atoms with van der Waals surface area (Å²) in [6.07, 6.45) is 7.57. The van der Waals surface area contributed by atoms with E-state index in [0.29, 0.717) is 18.0 Å². The van der Waals surface area contributed by atoms with E-state index in [9.17, 15) is 4.79 Å². The lowest BCUT2D eigenvalue weighted by Gasteiger charge is -2.33. The standard InChI is InChI=1S/C18H24N4O/c19-13-16-6-3-7-17(20-16)22-10-8-15(9-11-22)21-18(23)12-14-4-1-2-5-14/h3,6-7,14-15H,1-2,4-5,8-12H2,(H,21,23). The van der Waals surface area contributed by atoms with Crippen molar-refractivity contribution >= 4 is 11.7 Å². The predicted octanol–water partition coefficient (Wildman–Crippen LogP) is 2.62. The number of pyridine rings is 1. The summed E-state index contributed by atoms with van der Waals surface area (Å²) in [5.74, 6) is 1.69. The molecule has 3 rings (SSSR count). The van der Waals surface area contributed by atoms with Gasteiger partial charge in [-0.1, -0.05) is 18.9 Å². The van der Waals surface area contributed by atoms with Gasteiger partial charge >= 0.3 is 0 Å². The summed E-state index contributed by atoms with van der Waals surface area (Å²) >= 11 is 0. The number of hydrogen-bond acceptors (Lipinski definition) is 4. The monoisotopic (exact) mass is 312 g/mol. The highest BCUT2D eigenvalue weighted by Gasteiger charge is 2.24. The van der Waals surface area contributed by atoms with Gasteiger partial charge in [0, 0.05) is 25.6 Å². The average molecular weight is 312 g/mol. The summed E-state index contributed by atoms with van der Waals surface area (Å²) in [6.45, 7) is 1.74. The lowest BCUT2D eigenvalue weighted by molar-refractivity contribution is -0.122. The van der Waals surface area contributed by atoms with Crippen molar-refractivity contribution in [1.82, 2.24) is 10.3 Å². The third-order valence-corrected chi connectivity index (χ3v) is 4.98. The number of nitriles is 1. The zero-order valence-corrected chi connectivity index (χ0v) is 13.5. The van der Waals surface area contributed by atoms with Crippen LogP contribution in [0.15, 0.2) is 18.2 Å². The van der Waals surface area contributed by atoms with Gasteiger partial charge < -0.3 is 10.2 Å². The number of rotatable bonds is 4. The Hall–Kier alpha value is -2.09. The van der Waals surface area contributed by atoms with Gasteiger partial charge in [-0.15, -0.1) is 0 Å². The van der Waals surface area contributed by atoms with Crippen LogP contribution in [0.5, 0.6) is 0 Å². The second-order valence-electron chi connectivity index (χ2n) is 6.68. The van der Waals surface area contributed by atoms with Crippen molar-refractivity contribution < 1.29 is 4.79 Å². The summed E-state index contributed by atoms with van der Waals surface area (Å²) in [5, 5.41) is 12.1. The van der Waals surface area contributed by atoms with Crippen LogP contribution in [0.3, 0.4) is 0 Å². The fraction of sp³-hybridized carbons (Fsp3) is 0.611. The van der Waals surface area contributed by atoms with E-state index in [1.165, 1.54) is 25.7 Å². The van der Waals surface area contributed by atoms with Gasteiger partial charge in [0.25, 0.3) is 0 Å². The van der Waals surface area contributed by atoms with Gasteiger partial charge in [0.15, 0.2) is 0 Å². The number of piperidine rings is 1. The minimum Gasteiger partial charge on any atom is -0.356 e. The molecule has 1 N–H and O–H groups in total. The third kappa shape index (κ3) is 4.22. The van der Waals surface area contributed by atoms with E-state index in [2.05, 4.69) is 21.3 Å². The first-order valence-electron chi connectivity index (χ1n) is 8.66. The SMILES string of the molecule is N#Cc1cccc(N2CCC(NC(=O)CC3CCCC3)CC2)n1. The molecule has 5 nitrogen and oxygen atoms in total. The highest BCUT2D eigenvalue weighted by atomic mass is 16.1. The van der Waals surface area contributed by atoms with Crippen molar-refractivity contribution in [3.8, 4) is 6.07 Å². The molecule has 1 aromatic heterocycles. The molecule has 1 aromatic rings. The molecule has 2 aliphatic rings. The number of anilines is 1. The van der Waals surface area contributed by atoms with Crippen molar-refractivity contribution in [2.45, 2.75) is 51.0 Å². The molecule has 1 aliphatic carbocycles. The van der Waals surface area contributed by atoms with E-state index in [1.54, 1.807) is 6.07 Å². The zero-order valence-electron chi connectivity index (χ0n) is 13.5. The first kappa shape index (κ1) is 15.8. The van der Waals surface area contributed by atoms with Crippen LogP contribution in [0.4, 0.5) is 5.82 Å². The molecule has 1 saturated heterocycles. The smallest absolute Gasteiger partial charge is 0.220 e. The second kappa shape index (κ2) is 7.45. The normalized spacial score (nSPS) is 19.5. The molecule has 0 aromatic carbocycles. The van der Waals surface area contributed by atoms with Gasteiger partial charge in [0.2, 0.25) is 5.91 Å². The Labute approximate surface area is 137 Å². The van der Waals surface area contributed by atoms with Crippen molar-refractivity contribution in [3.63, 3.8) is 0 Å². The van der Waals surface area contributed by atoms with Crippen LogP contribution in [-0.4, -0.2) is 30.0 Å². The maximum atomic E-state index is 12.1. The Kier molecular flexibility index (Phi) is 5.12. The molecule has 122 valence electrons.